The molecule has 2 aromatic rings. The number of carbonyl (C=O) groups excluding carboxylic acids is 1. The summed E-state index contributed by atoms with van der Waals surface area (Å²) in [5, 5.41) is 8.63. The maximum Gasteiger partial charge on any atom is 0.352 e. The number of carboxylic acid groups (broad SMARTS) is 1. The Morgan fingerprint density at radius 1 is 1.18 bits per heavy atom. The molecule has 180 valence electrons. The Balaban J connectivity index is 1.66. The van der Waals surface area contributed by atoms with Gasteiger partial charge in [-0.05, 0) is 42.7 Å². The smallest absolute Gasteiger partial charge is 0.352 e. The first-order valence-electron chi connectivity index (χ1n) is 10.3. The summed E-state index contributed by atoms with van der Waals surface area (Å²) < 4.78 is 36.3. The predicted molar refractivity (Wildman–Crippen MR) is 127 cm³/mol. The number of aliphatic carboxylic acids is 1. The largest absolute Gasteiger partial charge is 0.496 e. The van der Waals surface area contributed by atoms with Gasteiger partial charge < -0.3 is 9.84 Å². The minimum absolute atomic E-state index is 0.0776. The highest BCUT2D eigenvalue weighted by atomic mass is 35.5. The van der Waals surface area contributed by atoms with Crippen LogP contribution in [0.25, 0.3) is 0 Å². The fourth-order valence-corrected chi connectivity index (χ4v) is 7.12. The Morgan fingerprint density at radius 3 is 2.47 bits per heavy atom. The Hall–Kier alpha value is -2.53. The van der Waals surface area contributed by atoms with Crippen LogP contribution in [0.15, 0.2) is 64.7 Å². The number of halogens is 1. The van der Waals surface area contributed by atoms with Crippen molar-refractivity contribution in [3.63, 3.8) is 0 Å². The van der Waals surface area contributed by atoms with Gasteiger partial charge in [0, 0.05) is 11.1 Å². The van der Waals surface area contributed by atoms with Gasteiger partial charge in [-0.25, -0.2) is 8.98 Å². The van der Waals surface area contributed by atoms with Crippen LogP contribution in [-0.4, -0.2) is 60.0 Å². The lowest BCUT2D eigenvalue weighted by Gasteiger charge is -2.50. The van der Waals surface area contributed by atoms with Gasteiger partial charge >= 0.3 is 5.97 Å². The number of rotatable bonds is 8. The highest BCUT2D eigenvalue weighted by Crippen LogP contribution is 2.47. The standard InChI is InChI=1S/C23H22ClNO7S2/c1-13-7-9-15(10-8-13)34(29,30)32-20-21(26)25-19(23(27)28)16(12-24)18(33-22(20)25)11-14-5-3-4-6-17(14)31-2/h3-10,18,20,22H,11-12H2,1-2H3,(H,27,28)/t18?,20-,22+/m0/s1. The van der Waals surface area contributed by atoms with E-state index in [2.05, 4.69) is 0 Å². The first kappa shape index (κ1) is 24.6. The van der Waals surface area contributed by atoms with Crippen molar-refractivity contribution in [3.05, 3.63) is 70.9 Å². The molecule has 1 N–H and O–H groups in total. The third kappa shape index (κ3) is 4.43. The monoisotopic (exact) mass is 523 g/mol. The van der Waals surface area contributed by atoms with Gasteiger partial charge in [0.15, 0.2) is 6.10 Å². The third-order valence-corrected chi connectivity index (χ3v) is 8.83. The number of methoxy groups -OCH3 is 1. The van der Waals surface area contributed by atoms with Crippen LogP contribution in [-0.2, 0) is 30.3 Å². The molecule has 3 atom stereocenters. The molecule has 0 saturated carbocycles. The van der Waals surface area contributed by atoms with Gasteiger partial charge in [-0.15, -0.1) is 23.4 Å². The number of nitrogens with zero attached hydrogens (tertiary/aromatic N) is 1. The molecule has 1 fully saturated rings. The summed E-state index contributed by atoms with van der Waals surface area (Å²) in [7, 11) is -2.69. The van der Waals surface area contributed by atoms with E-state index in [9.17, 15) is 23.1 Å². The maximum absolute atomic E-state index is 12.9. The number of fused-ring (bicyclic) bond motifs is 1. The number of amides is 1. The number of thioether (sulfide) groups is 1. The van der Waals surface area contributed by atoms with Crippen LogP contribution in [0.5, 0.6) is 5.75 Å². The SMILES string of the molecule is COc1ccccc1CC1S[C@@H]2[C@@H](OS(=O)(=O)c3ccc(C)cc3)C(=O)N2C(C(=O)O)=C1CCl. The van der Waals surface area contributed by atoms with Crippen LogP contribution in [0.1, 0.15) is 11.1 Å². The van der Waals surface area contributed by atoms with Gasteiger partial charge in [0.1, 0.15) is 16.8 Å². The van der Waals surface area contributed by atoms with E-state index in [0.717, 1.165) is 16.0 Å². The summed E-state index contributed by atoms with van der Waals surface area (Å²) in [5.74, 6) is -1.50. The van der Waals surface area contributed by atoms with E-state index in [4.69, 9.17) is 20.5 Å². The van der Waals surface area contributed by atoms with E-state index < -0.39 is 38.7 Å². The Labute approximate surface area is 206 Å². The van der Waals surface area contributed by atoms with Gasteiger partial charge in [0.2, 0.25) is 0 Å². The summed E-state index contributed by atoms with van der Waals surface area (Å²) in [6.45, 7) is 1.82. The zero-order chi connectivity index (χ0) is 24.6. The molecule has 1 saturated heterocycles. The molecule has 34 heavy (non-hydrogen) atoms. The molecular weight excluding hydrogens is 502 g/mol. The maximum atomic E-state index is 12.9. The molecule has 8 nitrogen and oxygen atoms in total. The minimum Gasteiger partial charge on any atom is -0.496 e. The van der Waals surface area contributed by atoms with Crippen molar-refractivity contribution in [2.75, 3.05) is 13.0 Å². The fraction of sp³-hybridized carbons (Fsp3) is 0.304. The van der Waals surface area contributed by atoms with E-state index >= 15 is 0 Å². The van der Waals surface area contributed by atoms with Crippen molar-refractivity contribution in [1.82, 2.24) is 4.90 Å². The van der Waals surface area contributed by atoms with Crippen molar-refractivity contribution in [2.45, 2.75) is 35.0 Å². The number of benzene rings is 2. The van der Waals surface area contributed by atoms with E-state index in [1.54, 1.807) is 25.3 Å². The number of alkyl halides is 1. The van der Waals surface area contributed by atoms with E-state index in [0.29, 0.717) is 17.7 Å². The summed E-state index contributed by atoms with van der Waals surface area (Å²) in [6, 6.07) is 13.4. The second kappa shape index (κ2) is 9.61. The fourth-order valence-electron chi connectivity index (χ4n) is 3.98. The van der Waals surface area contributed by atoms with Crippen LogP contribution < -0.4 is 4.74 Å². The number of carbonyl (C=O) groups is 2. The average Bonchev–Trinajstić information content (AvgIpc) is 2.82. The summed E-state index contributed by atoms with van der Waals surface area (Å²) in [6.07, 6.45) is -0.966. The Morgan fingerprint density at radius 2 is 1.85 bits per heavy atom. The zero-order valence-corrected chi connectivity index (χ0v) is 20.7. The molecule has 0 spiro atoms. The quantitative estimate of drug-likeness (QED) is 0.319. The number of para-hydroxylation sites is 1. The van der Waals surface area contributed by atoms with Crippen molar-refractivity contribution >= 4 is 45.4 Å². The highest BCUT2D eigenvalue weighted by Gasteiger charge is 2.58. The van der Waals surface area contributed by atoms with Crippen molar-refractivity contribution in [3.8, 4) is 5.75 Å². The van der Waals surface area contributed by atoms with Crippen LogP contribution in [0.3, 0.4) is 0 Å². The van der Waals surface area contributed by atoms with Crippen molar-refractivity contribution < 1.29 is 32.0 Å². The molecule has 11 heteroatoms. The second-order valence-corrected chi connectivity index (χ2v) is 11.0. The molecule has 2 aliphatic heterocycles. The Kier molecular flexibility index (Phi) is 6.95. The van der Waals surface area contributed by atoms with Gasteiger partial charge in [0.25, 0.3) is 16.0 Å². The molecule has 1 amide bonds. The van der Waals surface area contributed by atoms with Crippen LogP contribution >= 0.6 is 23.4 Å². The van der Waals surface area contributed by atoms with Crippen molar-refractivity contribution in [2.24, 2.45) is 0 Å². The number of carboxylic acids is 1. The van der Waals surface area contributed by atoms with E-state index in [1.807, 2.05) is 25.1 Å². The lowest BCUT2D eigenvalue weighted by molar-refractivity contribution is -0.156. The lowest BCUT2D eigenvalue weighted by Crippen LogP contribution is -2.67. The molecule has 2 aliphatic rings. The lowest BCUT2D eigenvalue weighted by atomic mass is 9.99. The topological polar surface area (TPSA) is 110 Å². The zero-order valence-electron chi connectivity index (χ0n) is 18.3. The molecule has 2 aromatic carbocycles. The molecule has 4 rings (SSSR count). The van der Waals surface area contributed by atoms with E-state index in [-0.39, 0.29) is 16.5 Å². The number of ether oxygens (including phenoxy) is 1. The number of hydrogen-bond donors (Lipinski definition) is 1. The third-order valence-electron chi connectivity index (χ3n) is 5.72. The van der Waals surface area contributed by atoms with E-state index in [1.165, 1.54) is 23.9 Å². The first-order valence-corrected chi connectivity index (χ1v) is 13.2. The number of β-lactam (4-membered cyclic amide) rings is 1. The average molecular weight is 524 g/mol. The number of aryl methyl sites for hydroxylation is 1. The normalized spacial score (nSPS) is 22.3. The molecule has 0 bridgehead atoms. The molecule has 0 aliphatic carbocycles. The second-order valence-electron chi connectivity index (χ2n) is 7.84. The van der Waals surface area contributed by atoms with Crippen molar-refractivity contribution in [1.29, 1.82) is 0 Å². The molecular formula is C23H22ClNO7S2. The Bertz CT molecular complexity index is 1260. The molecule has 0 aromatic heterocycles. The molecule has 2 heterocycles. The molecule has 1 unspecified atom stereocenters. The van der Waals surface area contributed by atoms with Gasteiger partial charge in [-0.3, -0.25) is 9.69 Å². The van der Waals surface area contributed by atoms with Crippen LogP contribution in [0, 0.1) is 6.92 Å². The van der Waals surface area contributed by atoms with Gasteiger partial charge in [0.05, 0.1) is 12.0 Å². The summed E-state index contributed by atoms with van der Waals surface area (Å²) >= 11 is 7.40. The van der Waals surface area contributed by atoms with Gasteiger partial charge in [-0.1, -0.05) is 35.9 Å². The molecule has 0 radical (unpaired) electrons. The summed E-state index contributed by atoms with van der Waals surface area (Å²) in [4.78, 5) is 26.0. The van der Waals surface area contributed by atoms with Crippen LogP contribution in [0.2, 0.25) is 0 Å². The highest BCUT2D eigenvalue weighted by molar-refractivity contribution is 8.01. The van der Waals surface area contributed by atoms with Crippen LogP contribution in [0.4, 0.5) is 0 Å². The van der Waals surface area contributed by atoms with Gasteiger partial charge in [-0.2, -0.15) is 8.42 Å². The number of hydrogen-bond acceptors (Lipinski definition) is 7. The minimum atomic E-state index is -4.23. The summed E-state index contributed by atoms with van der Waals surface area (Å²) in [5.41, 5.74) is 1.86. The first-order chi connectivity index (χ1) is 16.2. The predicted octanol–water partition coefficient (Wildman–Crippen LogP) is 3.18.